The summed E-state index contributed by atoms with van der Waals surface area (Å²) in [6, 6.07) is 0. The van der Waals surface area contributed by atoms with Crippen LogP contribution in [0.1, 0.15) is 51.4 Å². The zero-order valence-electron chi connectivity index (χ0n) is 13.1. The van der Waals surface area contributed by atoms with Gasteiger partial charge in [0.2, 0.25) is 5.91 Å². The third-order valence-corrected chi connectivity index (χ3v) is 4.89. The van der Waals surface area contributed by atoms with Crippen molar-refractivity contribution in [2.75, 3.05) is 26.7 Å². The number of nitrogens with zero attached hydrogens (tertiary/aromatic N) is 1. The monoisotopic (exact) mass is 296 g/mol. The van der Waals surface area contributed by atoms with E-state index in [1.54, 1.807) is 4.90 Å². The van der Waals surface area contributed by atoms with Crippen LogP contribution in [-0.2, 0) is 9.53 Å². The molecule has 0 radical (unpaired) electrons. The molecule has 0 bridgehead atoms. The van der Waals surface area contributed by atoms with Gasteiger partial charge in [0.25, 0.3) is 0 Å². The number of amides is 2. The van der Waals surface area contributed by atoms with Crippen molar-refractivity contribution in [2.24, 2.45) is 11.8 Å². The molecule has 0 atom stereocenters. The number of rotatable bonds is 5. The van der Waals surface area contributed by atoms with E-state index in [0.717, 1.165) is 44.8 Å². The molecule has 2 aliphatic rings. The number of hydrogen-bond donors (Lipinski definition) is 1. The van der Waals surface area contributed by atoms with Crippen molar-refractivity contribution in [3.8, 4) is 0 Å². The minimum absolute atomic E-state index is 0.192. The Morgan fingerprint density at radius 2 is 1.76 bits per heavy atom. The average Bonchev–Trinajstić information content (AvgIpc) is 3.04. The van der Waals surface area contributed by atoms with Gasteiger partial charge in [-0.15, -0.1) is 0 Å². The van der Waals surface area contributed by atoms with E-state index < -0.39 is 0 Å². The van der Waals surface area contributed by atoms with Crippen molar-refractivity contribution in [3.63, 3.8) is 0 Å². The van der Waals surface area contributed by atoms with Gasteiger partial charge in [0.05, 0.1) is 7.11 Å². The molecule has 1 saturated carbocycles. The maximum atomic E-state index is 11.9. The molecule has 1 aliphatic heterocycles. The van der Waals surface area contributed by atoms with Gasteiger partial charge < -0.3 is 15.0 Å². The fourth-order valence-corrected chi connectivity index (χ4v) is 3.43. The first-order valence-electron chi connectivity index (χ1n) is 8.28. The van der Waals surface area contributed by atoms with Gasteiger partial charge in [-0.2, -0.15) is 0 Å². The van der Waals surface area contributed by atoms with Crippen LogP contribution in [-0.4, -0.2) is 43.6 Å². The summed E-state index contributed by atoms with van der Waals surface area (Å²) in [5.41, 5.74) is 0. The van der Waals surface area contributed by atoms with Crippen molar-refractivity contribution in [2.45, 2.75) is 51.4 Å². The molecule has 1 aliphatic carbocycles. The lowest BCUT2D eigenvalue weighted by Gasteiger charge is -2.30. The van der Waals surface area contributed by atoms with Crippen molar-refractivity contribution >= 4 is 12.0 Å². The highest BCUT2D eigenvalue weighted by atomic mass is 16.5. The lowest BCUT2D eigenvalue weighted by Crippen LogP contribution is -2.41. The number of piperidine rings is 1. The Morgan fingerprint density at radius 1 is 1.10 bits per heavy atom. The number of likely N-dealkylation sites (tertiary alicyclic amines) is 1. The molecule has 5 nitrogen and oxygen atoms in total. The molecule has 0 aromatic rings. The zero-order valence-corrected chi connectivity index (χ0v) is 13.1. The van der Waals surface area contributed by atoms with E-state index in [2.05, 4.69) is 5.32 Å². The van der Waals surface area contributed by atoms with E-state index in [4.69, 9.17) is 4.74 Å². The molecule has 2 rings (SSSR count). The van der Waals surface area contributed by atoms with E-state index in [-0.39, 0.29) is 12.0 Å². The Labute approximate surface area is 127 Å². The third kappa shape index (κ3) is 5.21. The second kappa shape index (κ2) is 8.25. The summed E-state index contributed by atoms with van der Waals surface area (Å²) in [6.07, 6.45) is 8.65. The van der Waals surface area contributed by atoms with E-state index in [9.17, 15) is 9.59 Å². The fourth-order valence-electron chi connectivity index (χ4n) is 3.43. The Bertz CT molecular complexity index is 345. The first-order chi connectivity index (χ1) is 10.2. The summed E-state index contributed by atoms with van der Waals surface area (Å²) in [5, 5.41) is 3.06. The van der Waals surface area contributed by atoms with Crippen LogP contribution in [0.25, 0.3) is 0 Å². The molecular formula is C16H28N2O3. The molecule has 0 spiro atoms. The van der Waals surface area contributed by atoms with E-state index >= 15 is 0 Å². The first kappa shape index (κ1) is 16.1. The van der Waals surface area contributed by atoms with Crippen LogP contribution in [0.4, 0.5) is 4.79 Å². The van der Waals surface area contributed by atoms with Gasteiger partial charge in [-0.05, 0) is 31.1 Å². The average molecular weight is 296 g/mol. The summed E-state index contributed by atoms with van der Waals surface area (Å²) in [7, 11) is 1.42. The minimum Gasteiger partial charge on any atom is -0.453 e. The van der Waals surface area contributed by atoms with Gasteiger partial charge in [-0.1, -0.05) is 25.7 Å². The molecule has 0 aromatic carbocycles. The number of methoxy groups -OCH3 is 1. The smallest absolute Gasteiger partial charge is 0.409 e. The van der Waals surface area contributed by atoms with E-state index in [0.29, 0.717) is 12.3 Å². The summed E-state index contributed by atoms with van der Waals surface area (Å²) >= 11 is 0. The summed E-state index contributed by atoms with van der Waals surface area (Å²) in [5.74, 6) is 1.46. The van der Waals surface area contributed by atoms with Crippen LogP contribution >= 0.6 is 0 Å². The Hall–Kier alpha value is -1.26. The maximum Gasteiger partial charge on any atom is 0.409 e. The van der Waals surface area contributed by atoms with Crippen LogP contribution in [0.15, 0.2) is 0 Å². The molecule has 1 N–H and O–H groups in total. The van der Waals surface area contributed by atoms with Crippen molar-refractivity contribution in [3.05, 3.63) is 0 Å². The predicted octanol–water partition coefficient (Wildman–Crippen LogP) is 2.55. The number of hydrogen-bond acceptors (Lipinski definition) is 3. The van der Waals surface area contributed by atoms with Gasteiger partial charge in [0, 0.05) is 26.1 Å². The van der Waals surface area contributed by atoms with Gasteiger partial charge in [-0.3, -0.25) is 4.79 Å². The van der Waals surface area contributed by atoms with Gasteiger partial charge in [-0.25, -0.2) is 4.79 Å². The summed E-state index contributed by atoms with van der Waals surface area (Å²) < 4.78 is 4.72. The molecule has 1 heterocycles. The molecular weight excluding hydrogens is 268 g/mol. The van der Waals surface area contributed by atoms with Crippen LogP contribution in [0.3, 0.4) is 0 Å². The summed E-state index contributed by atoms with van der Waals surface area (Å²) in [4.78, 5) is 25.0. The topological polar surface area (TPSA) is 58.6 Å². The Kier molecular flexibility index (Phi) is 6.33. The highest BCUT2D eigenvalue weighted by Gasteiger charge is 2.23. The molecule has 0 aromatic heterocycles. The Balaban J connectivity index is 1.56. The molecule has 2 amide bonds. The van der Waals surface area contributed by atoms with Crippen LogP contribution < -0.4 is 5.32 Å². The maximum absolute atomic E-state index is 11.9. The first-order valence-corrected chi connectivity index (χ1v) is 8.28. The quantitative estimate of drug-likeness (QED) is 0.848. The van der Waals surface area contributed by atoms with Crippen molar-refractivity contribution in [1.82, 2.24) is 10.2 Å². The molecule has 5 heteroatoms. The molecule has 0 unspecified atom stereocenters. The summed E-state index contributed by atoms with van der Waals surface area (Å²) in [6.45, 7) is 2.21. The van der Waals surface area contributed by atoms with Gasteiger partial charge in [0.15, 0.2) is 0 Å². The van der Waals surface area contributed by atoms with E-state index in [1.165, 1.54) is 32.8 Å². The van der Waals surface area contributed by atoms with Gasteiger partial charge >= 0.3 is 6.09 Å². The van der Waals surface area contributed by atoms with Crippen LogP contribution in [0.5, 0.6) is 0 Å². The van der Waals surface area contributed by atoms with E-state index in [1.807, 2.05) is 0 Å². The van der Waals surface area contributed by atoms with Gasteiger partial charge in [0.1, 0.15) is 0 Å². The second-order valence-corrected chi connectivity index (χ2v) is 6.39. The number of carbonyl (C=O) groups excluding carboxylic acids is 2. The zero-order chi connectivity index (χ0) is 15.1. The standard InChI is InChI=1S/C16H28N2O3/c1-21-16(20)18-10-8-14(9-11-18)12-17-15(19)7-6-13-4-2-3-5-13/h13-14H,2-12H2,1H3,(H,17,19). The lowest BCUT2D eigenvalue weighted by molar-refractivity contribution is -0.121. The van der Waals surface area contributed by atoms with Crippen LogP contribution in [0, 0.1) is 11.8 Å². The molecule has 120 valence electrons. The number of ether oxygens (including phenoxy) is 1. The lowest BCUT2D eigenvalue weighted by atomic mass is 9.96. The number of carbonyl (C=O) groups is 2. The molecule has 21 heavy (non-hydrogen) atoms. The molecule has 2 fully saturated rings. The highest BCUT2D eigenvalue weighted by molar-refractivity contribution is 5.75. The molecule has 1 saturated heterocycles. The largest absolute Gasteiger partial charge is 0.453 e. The second-order valence-electron chi connectivity index (χ2n) is 6.39. The van der Waals surface area contributed by atoms with Crippen molar-refractivity contribution < 1.29 is 14.3 Å². The SMILES string of the molecule is COC(=O)N1CCC(CNC(=O)CCC2CCCC2)CC1. The fraction of sp³-hybridized carbons (Fsp3) is 0.875. The Morgan fingerprint density at radius 3 is 2.38 bits per heavy atom. The number of nitrogens with one attached hydrogen (secondary N) is 1. The predicted molar refractivity (Wildman–Crippen MR) is 80.9 cm³/mol. The normalized spacial score (nSPS) is 20.5. The van der Waals surface area contributed by atoms with Crippen LogP contribution in [0.2, 0.25) is 0 Å². The highest BCUT2D eigenvalue weighted by Crippen LogP contribution is 2.28. The minimum atomic E-state index is -0.242. The van der Waals surface area contributed by atoms with Crippen molar-refractivity contribution in [1.29, 1.82) is 0 Å². The third-order valence-electron chi connectivity index (χ3n) is 4.89.